The van der Waals surface area contributed by atoms with Crippen molar-refractivity contribution < 1.29 is 13.3 Å². The molecule has 1 heterocycles. The summed E-state index contributed by atoms with van der Waals surface area (Å²) in [4.78, 5) is 15.7. The molecule has 0 unspecified atom stereocenters. The molecule has 0 amide bonds. The first-order chi connectivity index (χ1) is 14.9. The second-order valence-corrected chi connectivity index (χ2v) is 9.94. The molecular weight excluding hydrogens is 418 g/mol. The van der Waals surface area contributed by atoms with Crippen molar-refractivity contribution in [2.24, 2.45) is 5.92 Å². The van der Waals surface area contributed by atoms with E-state index in [0.29, 0.717) is 5.69 Å². The van der Waals surface area contributed by atoms with Gasteiger partial charge in [0.15, 0.2) is 0 Å². The third-order valence-corrected chi connectivity index (χ3v) is 7.23. The van der Waals surface area contributed by atoms with Crippen molar-refractivity contribution in [3.05, 3.63) is 52.6 Å². The van der Waals surface area contributed by atoms with Crippen LogP contribution >= 0.6 is 0 Å². The van der Waals surface area contributed by atoms with Crippen molar-refractivity contribution >= 4 is 32.8 Å². The Morgan fingerprint density at radius 1 is 1.10 bits per heavy atom. The number of nitrogens with zero attached hydrogens (tertiary/aromatic N) is 3. The Balaban J connectivity index is 1.49. The smallest absolute Gasteiger partial charge is 0.294 e. The van der Waals surface area contributed by atoms with Crippen LogP contribution in [0.2, 0.25) is 0 Å². The maximum Gasteiger partial charge on any atom is 0.294 e. The fraction of sp³-hybridized carbons (Fsp3) is 0.429. The monoisotopic (exact) mass is 445 g/mol. The zero-order valence-electron chi connectivity index (χ0n) is 17.5. The van der Waals surface area contributed by atoms with Gasteiger partial charge in [-0.1, -0.05) is 6.07 Å². The maximum atomic E-state index is 12.0. The molecule has 2 aromatic rings. The number of nitro benzene ring substituents is 1. The summed E-state index contributed by atoms with van der Waals surface area (Å²) in [5.74, 6) is 0.893. The summed E-state index contributed by atoms with van der Waals surface area (Å²) < 4.78 is 26.1. The molecule has 4 rings (SSSR count). The summed E-state index contributed by atoms with van der Waals surface area (Å²) in [6, 6.07) is 11.6. The number of rotatable bonds is 8. The van der Waals surface area contributed by atoms with Gasteiger partial charge < -0.3 is 10.2 Å². The molecule has 2 N–H and O–H groups in total. The molecule has 2 aliphatic rings. The molecule has 166 valence electrons. The summed E-state index contributed by atoms with van der Waals surface area (Å²) in [6.45, 7) is 5.19. The van der Waals surface area contributed by atoms with Crippen LogP contribution in [0.15, 0.2) is 47.4 Å². The number of anilines is 3. The lowest BCUT2D eigenvalue weighted by Gasteiger charge is -2.36. The predicted molar refractivity (Wildman–Crippen MR) is 120 cm³/mol. The van der Waals surface area contributed by atoms with E-state index in [4.69, 9.17) is 0 Å². The molecule has 0 spiro atoms. The fourth-order valence-electron chi connectivity index (χ4n) is 3.84. The molecule has 2 fully saturated rings. The van der Waals surface area contributed by atoms with Crippen molar-refractivity contribution in [2.45, 2.75) is 17.7 Å². The lowest BCUT2D eigenvalue weighted by molar-refractivity contribution is -0.384. The fourth-order valence-corrected chi connectivity index (χ4v) is 4.59. The standard InChI is InChI=1S/C21H27N5O4S/c1-22-31(29,30)19-7-8-20(21(14-19)26(27)28)23-17-3-2-4-18(13-17)25-11-9-24(10-12-25)15-16-5-6-16/h2-4,7-8,13-14,16,22-23H,5-6,9-12,15H2,1H3. The van der Waals surface area contributed by atoms with Gasteiger partial charge in [0.25, 0.3) is 5.69 Å². The highest BCUT2D eigenvalue weighted by Crippen LogP contribution is 2.32. The SMILES string of the molecule is CNS(=O)(=O)c1ccc(Nc2cccc(N3CCN(CC4CC4)CC3)c2)c([N+](=O)[O-])c1. The predicted octanol–water partition coefficient (Wildman–Crippen LogP) is 2.78. The van der Waals surface area contributed by atoms with Crippen molar-refractivity contribution in [1.29, 1.82) is 0 Å². The van der Waals surface area contributed by atoms with Gasteiger partial charge in [0.1, 0.15) is 5.69 Å². The van der Waals surface area contributed by atoms with Crippen molar-refractivity contribution in [3.63, 3.8) is 0 Å². The van der Waals surface area contributed by atoms with Gasteiger partial charge in [0.2, 0.25) is 10.0 Å². The van der Waals surface area contributed by atoms with Gasteiger partial charge in [0, 0.05) is 50.2 Å². The molecule has 0 bridgehead atoms. The Kier molecular flexibility index (Phi) is 6.12. The second kappa shape index (κ2) is 8.81. The molecule has 1 aliphatic heterocycles. The molecule has 1 aliphatic carbocycles. The Labute approximate surface area is 182 Å². The number of hydrogen-bond acceptors (Lipinski definition) is 7. The molecule has 1 saturated carbocycles. The number of nitro groups is 1. The molecule has 0 aromatic heterocycles. The summed E-state index contributed by atoms with van der Waals surface area (Å²) in [5.41, 5.74) is 1.72. The average molecular weight is 446 g/mol. The summed E-state index contributed by atoms with van der Waals surface area (Å²) in [6.07, 6.45) is 2.73. The Hall–Kier alpha value is -2.69. The molecule has 1 saturated heterocycles. The van der Waals surface area contributed by atoms with Crippen molar-refractivity contribution in [3.8, 4) is 0 Å². The number of piperazine rings is 1. The Bertz CT molecular complexity index is 1060. The third-order valence-electron chi connectivity index (χ3n) is 5.82. The first-order valence-electron chi connectivity index (χ1n) is 10.4. The third kappa shape index (κ3) is 5.15. The summed E-state index contributed by atoms with van der Waals surface area (Å²) in [7, 11) is -2.50. The molecule has 10 heteroatoms. The minimum absolute atomic E-state index is 0.148. The van der Waals surface area contributed by atoms with E-state index in [1.807, 2.05) is 24.3 Å². The molecule has 0 atom stereocenters. The molecule has 2 aromatic carbocycles. The summed E-state index contributed by atoms with van der Waals surface area (Å²) >= 11 is 0. The number of benzene rings is 2. The van der Waals surface area contributed by atoms with Crippen molar-refractivity contribution in [1.82, 2.24) is 9.62 Å². The van der Waals surface area contributed by atoms with Crippen LogP contribution in [0.4, 0.5) is 22.7 Å². The van der Waals surface area contributed by atoms with Crippen LogP contribution in [0.25, 0.3) is 0 Å². The van der Waals surface area contributed by atoms with Gasteiger partial charge in [-0.05, 0) is 56.1 Å². The number of sulfonamides is 1. The van der Waals surface area contributed by atoms with Crippen LogP contribution in [-0.2, 0) is 10.0 Å². The van der Waals surface area contributed by atoms with Gasteiger partial charge in [-0.15, -0.1) is 0 Å². The molecular formula is C21H27N5O4S. The first-order valence-corrected chi connectivity index (χ1v) is 11.9. The largest absolute Gasteiger partial charge is 0.369 e. The Morgan fingerprint density at radius 3 is 2.48 bits per heavy atom. The van der Waals surface area contributed by atoms with Gasteiger partial charge in [-0.2, -0.15) is 0 Å². The van der Waals surface area contributed by atoms with Gasteiger partial charge in [-0.3, -0.25) is 15.0 Å². The normalized spacial score (nSPS) is 17.5. The topological polar surface area (TPSA) is 108 Å². The first kappa shape index (κ1) is 21.5. The Morgan fingerprint density at radius 2 is 1.84 bits per heavy atom. The van der Waals surface area contributed by atoms with Crippen molar-refractivity contribution in [2.75, 3.05) is 50.0 Å². The highest BCUT2D eigenvalue weighted by molar-refractivity contribution is 7.89. The molecule has 0 radical (unpaired) electrons. The van der Waals surface area contributed by atoms with Gasteiger partial charge in [-0.25, -0.2) is 13.1 Å². The average Bonchev–Trinajstić information content (AvgIpc) is 3.58. The van der Waals surface area contributed by atoms with E-state index < -0.39 is 14.9 Å². The second-order valence-electron chi connectivity index (χ2n) is 8.05. The highest BCUT2D eigenvalue weighted by atomic mass is 32.2. The summed E-state index contributed by atoms with van der Waals surface area (Å²) in [5, 5.41) is 14.6. The maximum absolute atomic E-state index is 12.0. The lowest BCUT2D eigenvalue weighted by Crippen LogP contribution is -2.47. The van der Waals surface area contributed by atoms with Crippen LogP contribution in [0.3, 0.4) is 0 Å². The van der Waals surface area contributed by atoms with Gasteiger partial charge >= 0.3 is 0 Å². The quantitative estimate of drug-likeness (QED) is 0.475. The van der Waals surface area contributed by atoms with Crippen LogP contribution in [0.1, 0.15) is 12.8 Å². The number of hydrogen-bond donors (Lipinski definition) is 2. The van der Waals surface area contributed by atoms with E-state index >= 15 is 0 Å². The zero-order valence-corrected chi connectivity index (χ0v) is 18.3. The van der Waals surface area contributed by atoms with Crippen LogP contribution in [0, 0.1) is 16.0 Å². The van der Waals surface area contributed by atoms with E-state index in [-0.39, 0.29) is 16.3 Å². The van der Waals surface area contributed by atoms with E-state index in [0.717, 1.165) is 43.9 Å². The molecule has 9 nitrogen and oxygen atoms in total. The minimum atomic E-state index is -3.77. The van der Waals surface area contributed by atoms with Crippen LogP contribution in [-0.4, -0.2) is 58.0 Å². The van der Waals surface area contributed by atoms with E-state index in [1.165, 1.54) is 38.6 Å². The molecule has 31 heavy (non-hydrogen) atoms. The van der Waals surface area contributed by atoms with Crippen LogP contribution < -0.4 is 14.9 Å². The van der Waals surface area contributed by atoms with E-state index in [9.17, 15) is 18.5 Å². The highest BCUT2D eigenvalue weighted by Gasteiger charge is 2.26. The zero-order chi connectivity index (χ0) is 22.0. The van der Waals surface area contributed by atoms with Crippen LogP contribution in [0.5, 0.6) is 0 Å². The minimum Gasteiger partial charge on any atom is -0.369 e. The van der Waals surface area contributed by atoms with Gasteiger partial charge in [0.05, 0.1) is 9.82 Å². The van der Waals surface area contributed by atoms with E-state index in [1.54, 1.807) is 0 Å². The number of nitrogens with one attached hydrogen (secondary N) is 2. The lowest BCUT2D eigenvalue weighted by atomic mass is 10.2. The van der Waals surface area contributed by atoms with E-state index in [2.05, 4.69) is 19.8 Å².